The van der Waals surface area contributed by atoms with Crippen molar-refractivity contribution in [1.29, 1.82) is 0 Å². The van der Waals surface area contributed by atoms with Crippen LogP contribution in [0.25, 0.3) is 0 Å². The molecular weight excluding hydrogens is 240 g/mol. The van der Waals surface area contributed by atoms with Gasteiger partial charge in [-0.25, -0.2) is 0 Å². The SMILES string of the molecule is CC1(C)CNCC(c2ccc(OC(F)F)cc2)O1. The monoisotopic (exact) mass is 257 g/mol. The van der Waals surface area contributed by atoms with E-state index in [-0.39, 0.29) is 17.5 Å². The minimum Gasteiger partial charge on any atom is -0.435 e. The third-order valence-electron chi connectivity index (χ3n) is 2.82. The van der Waals surface area contributed by atoms with Crippen molar-refractivity contribution in [1.82, 2.24) is 5.32 Å². The summed E-state index contributed by atoms with van der Waals surface area (Å²) in [6, 6.07) is 6.58. The zero-order valence-corrected chi connectivity index (χ0v) is 10.5. The van der Waals surface area contributed by atoms with Gasteiger partial charge in [-0.1, -0.05) is 12.1 Å². The number of nitrogens with one attached hydrogen (secondary N) is 1. The van der Waals surface area contributed by atoms with Crippen LogP contribution >= 0.6 is 0 Å². The van der Waals surface area contributed by atoms with Crippen molar-refractivity contribution in [2.24, 2.45) is 0 Å². The molecule has 0 saturated carbocycles. The van der Waals surface area contributed by atoms with Gasteiger partial charge in [0.2, 0.25) is 0 Å². The fourth-order valence-corrected chi connectivity index (χ4v) is 2.02. The number of ether oxygens (including phenoxy) is 2. The molecule has 2 rings (SSSR count). The lowest BCUT2D eigenvalue weighted by Crippen LogP contribution is -2.46. The van der Waals surface area contributed by atoms with Gasteiger partial charge in [0.1, 0.15) is 5.75 Å². The Morgan fingerprint density at radius 1 is 1.33 bits per heavy atom. The van der Waals surface area contributed by atoms with E-state index in [1.54, 1.807) is 12.1 Å². The number of benzene rings is 1. The molecule has 1 N–H and O–H groups in total. The van der Waals surface area contributed by atoms with Crippen molar-refractivity contribution in [3.8, 4) is 5.75 Å². The average molecular weight is 257 g/mol. The molecule has 18 heavy (non-hydrogen) atoms. The summed E-state index contributed by atoms with van der Waals surface area (Å²) in [4.78, 5) is 0. The molecule has 100 valence electrons. The number of hydrogen-bond donors (Lipinski definition) is 1. The Morgan fingerprint density at radius 3 is 2.56 bits per heavy atom. The molecule has 1 aromatic rings. The first-order valence-corrected chi connectivity index (χ1v) is 5.90. The molecule has 1 fully saturated rings. The van der Waals surface area contributed by atoms with Crippen LogP contribution in [0.15, 0.2) is 24.3 Å². The van der Waals surface area contributed by atoms with Gasteiger partial charge in [-0.2, -0.15) is 8.78 Å². The summed E-state index contributed by atoms with van der Waals surface area (Å²) in [5, 5.41) is 3.29. The highest BCUT2D eigenvalue weighted by atomic mass is 19.3. The number of alkyl halides is 2. The summed E-state index contributed by atoms with van der Waals surface area (Å²) in [6.07, 6.45) is -0.0608. The second-order valence-electron chi connectivity index (χ2n) is 4.94. The number of halogens is 2. The van der Waals surface area contributed by atoms with E-state index < -0.39 is 6.61 Å². The minimum atomic E-state index is -2.79. The molecule has 0 radical (unpaired) electrons. The van der Waals surface area contributed by atoms with Gasteiger partial charge in [-0.05, 0) is 31.5 Å². The summed E-state index contributed by atoms with van der Waals surface area (Å²) >= 11 is 0. The van der Waals surface area contributed by atoms with Crippen molar-refractivity contribution in [2.75, 3.05) is 13.1 Å². The first kappa shape index (κ1) is 13.2. The van der Waals surface area contributed by atoms with E-state index in [0.717, 1.165) is 18.7 Å². The summed E-state index contributed by atoms with van der Waals surface area (Å²) in [7, 11) is 0. The Labute approximate surface area is 105 Å². The third kappa shape index (κ3) is 3.40. The van der Waals surface area contributed by atoms with Gasteiger partial charge in [-0.15, -0.1) is 0 Å². The summed E-state index contributed by atoms with van der Waals surface area (Å²) < 4.78 is 34.3. The molecule has 0 spiro atoms. The summed E-state index contributed by atoms with van der Waals surface area (Å²) in [6.45, 7) is 2.76. The highest BCUT2D eigenvalue weighted by Crippen LogP contribution is 2.28. The molecule has 0 aliphatic carbocycles. The van der Waals surface area contributed by atoms with E-state index in [2.05, 4.69) is 10.1 Å². The number of morpholine rings is 1. The van der Waals surface area contributed by atoms with E-state index in [1.807, 2.05) is 13.8 Å². The first-order chi connectivity index (χ1) is 8.46. The maximum atomic E-state index is 12.0. The number of hydrogen-bond acceptors (Lipinski definition) is 3. The van der Waals surface area contributed by atoms with Crippen LogP contribution in [0.4, 0.5) is 8.78 Å². The smallest absolute Gasteiger partial charge is 0.387 e. The van der Waals surface area contributed by atoms with Crippen molar-refractivity contribution < 1.29 is 18.3 Å². The molecule has 5 heteroatoms. The largest absolute Gasteiger partial charge is 0.435 e. The number of rotatable bonds is 3. The molecule has 3 nitrogen and oxygen atoms in total. The minimum absolute atomic E-state index is 0.0608. The van der Waals surface area contributed by atoms with Gasteiger partial charge >= 0.3 is 6.61 Å². The van der Waals surface area contributed by atoms with Crippen LogP contribution in [-0.2, 0) is 4.74 Å². The Hall–Kier alpha value is -1.20. The van der Waals surface area contributed by atoms with Crippen LogP contribution in [0.1, 0.15) is 25.5 Å². The van der Waals surface area contributed by atoms with Gasteiger partial charge in [0, 0.05) is 13.1 Å². The van der Waals surface area contributed by atoms with Crippen molar-refractivity contribution in [3.63, 3.8) is 0 Å². The van der Waals surface area contributed by atoms with Gasteiger partial charge in [0.15, 0.2) is 0 Å². The van der Waals surface area contributed by atoms with Crippen LogP contribution < -0.4 is 10.1 Å². The lowest BCUT2D eigenvalue weighted by Gasteiger charge is -2.36. The summed E-state index contributed by atoms with van der Waals surface area (Å²) in [5.41, 5.74) is 0.734. The first-order valence-electron chi connectivity index (χ1n) is 5.90. The molecule has 1 aliphatic rings. The Kier molecular flexibility index (Phi) is 3.82. The standard InChI is InChI=1S/C13H17F2NO2/c1-13(2)8-16-7-11(18-13)9-3-5-10(6-4-9)17-12(14)15/h3-6,11-12,16H,7-8H2,1-2H3. The summed E-state index contributed by atoms with van der Waals surface area (Å²) in [5.74, 6) is 0.164. The van der Waals surface area contributed by atoms with E-state index >= 15 is 0 Å². The maximum Gasteiger partial charge on any atom is 0.387 e. The second kappa shape index (κ2) is 5.20. The van der Waals surface area contributed by atoms with Crippen LogP contribution in [-0.4, -0.2) is 25.3 Å². The van der Waals surface area contributed by atoms with Gasteiger partial charge in [-0.3, -0.25) is 0 Å². The van der Waals surface area contributed by atoms with Crippen molar-refractivity contribution in [3.05, 3.63) is 29.8 Å². The Morgan fingerprint density at radius 2 is 2.00 bits per heavy atom. The fourth-order valence-electron chi connectivity index (χ4n) is 2.02. The normalized spacial score (nSPS) is 23.1. The Balaban J connectivity index is 2.05. The topological polar surface area (TPSA) is 30.5 Å². The third-order valence-corrected chi connectivity index (χ3v) is 2.82. The molecule has 1 unspecified atom stereocenters. The second-order valence-corrected chi connectivity index (χ2v) is 4.94. The fraction of sp³-hybridized carbons (Fsp3) is 0.538. The van der Waals surface area contributed by atoms with Crippen LogP contribution in [0.2, 0.25) is 0 Å². The lowest BCUT2D eigenvalue weighted by atomic mass is 10.0. The lowest BCUT2D eigenvalue weighted by molar-refractivity contribution is -0.0959. The van der Waals surface area contributed by atoms with Gasteiger partial charge < -0.3 is 14.8 Å². The molecular formula is C13H17F2NO2. The van der Waals surface area contributed by atoms with E-state index in [9.17, 15) is 8.78 Å². The quantitative estimate of drug-likeness (QED) is 0.903. The highest BCUT2D eigenvalue weighted by molar-refractivity contribution is 5.29. The van der Waals surface area contributed by atoms with Crippen LogP contribution in [0, 0.1) is 0 Å². The van der Waals surface area contributed by atoms with Crippen LogP contribution in [0.3, 0.4) is 0 Å². The molecule has 1 atom stereocenters. The Bertz CT molecular complexity index is 392. The van der Waals surface area contributed by atoms with Gasteiger partial charge in [0.05, 0.1) is 11.7 Å². The highest BCUT2D eigenvalue weighted by Gasteiger charge is 2.29. The zero-order chi connectivity index (χ0) is 13.2. The van der Waals surface area contributed by atoms with Gasteiger partial charge in [0.25, 0.3) is 0 Å². The average Bonchev–Trinajstić information content (AvgIpc) is 2.28. The van der Waals surface area contributed by atoms with Crippen molar-refractivity contribution >= 4 is 0 Å². The van der Waals surface area contributed by atoms with Crippen LogP contribution in [0.5, 0.6) is 5.75 Å². The molecule has 0 bridgehead atoms. The zero-order valence-electron chi connectivity index (χ0n) is 10.5. The molecule has 0 aromatic heterocycles. The molecule has 0 amide bonds. The maximum absolute atomic E-state index is 12.0. The molecule has 1 aromatic carbocycles. The van der Waals surface area contributed by atoms with E-state index in [1.165, 1.54) is 12.1 Å². The van der Waals surface area contributed by atoms with E-state index in [0.29, 0.717) is 0 Å². The predicted molar refractivity (Wildman–Crippen MR) is 63.8 cm³/mol. The molecule has 1 aliphatic heterocycles. The van der Waals surface area contributed by atoms with E-state index in [4.69, 9.17) is 4.74 Å². The molecule has 1 saturated heterocycles. The molecule has 1 heterocycles. The van der Waals surface area contributed by atoms with Crippen molar-refractivity contribution in [2.45, 2.75) is 32.2 Å². The predicted octanol–water partition coefficient (Wildman–Crippen LogP) is 2.73.